The zero-order valence-corrected chi connectivity index (χ0v) is 17.3. The van der Waals surface area contributed by atoms with Crippen LogP contribution in [0.25, 0.3) is 4.91 Å². The Morgan fingerprint density at radius 3 is 2.52 bits per heavy atom. The first-order valence-electron chi connectivity index (χ1n) is 9.25. The summed E-state index contributed by atoms with van der Waals surface area (Å²) < 4.78 is 34.3. The molecule has 1 fully saturated rings. The molecule has 9 heteroatoms. The van der Waals surface area contributed by atoms with Crippen molar-refractivity contribution in [2.75, 3.05) is 13.1 Å². The molecule has 1 aromatic heterocycles. The standard InChI is InChI=1S/C20H20ClN3O4S/c1-13-18(14-2-4-16(21)5-3-14)29(26,27)23-19(13)24-9-6-17(7-10-24)22-20(25)15-8-11-28-12-15/h2-5,8,11-12,17H,6-7,9-10H2,1H3,(H,22,25). The van der Waals surface area contributed by atoms with E-state index in [4.69, 9.17) is 16.0 Å². The van der Waals surface area contributed by atoms with Crippen molar-refractivity contribution in [3.8, 4) is 0 Å². The fraction of sp³-hybridized carbons (Fsp3) is 0.300. The number of sulfonamides is 1. The predicted molar refractivity (Wildman–Crippen MR) is 111 cm³/mol. The summed E-state index contributed by atoms with van der Waals surface area (Å²) in [5.41, 5.74) is 1.70. The van der Waals surface area contributed by atoms with Gasteiger partial charge in [0.15, 0.2) is 0 Å². The third-order valence-corrected chi connectivity index (χ3v) is 6.88. The van der Waals surface area contributed by atoms with E-state index in [0.29, 0.717) is 53.5 Å². The van der Waals surface area contributed by atoms with Gasteiger partial charge in [0, 0.05) is 29.7 Å². The normalized spacial score (nSPS) is 19.4. The van der Waals surface area contributed by atoms with Crippen LogP contribution < -0.4 is 5.32 Å². The van der Waals surface area contributed by atoms with Crippen LogP contribution in [0.4, 0.5) is 0 Å². The summed E-state index contributed by atoms with van der Waals surface area (Å²) in [5, 5.41) is 3.54. The molecule has 0 spiro atoms. The topological polar surface area (TPSA) is 92.0 Å². The summed E-state index contributed by atoms with van der Waals surface area (Å²) in [5.74, 6) is 0.314. The van der Waals surface area contributed by atoms with Gasteiger partial charge in [0.05, 0.1) is 11.8 Å². The maximum Gasteiger partial charge on any atom is 0.285 e. The van der Waals surface area contributed by atoms with Crippen LogP contribution in [0, 0.1) is 0 Å². The number of benzene rings is 1. The van der Waals surface area contributed by atoms with Gasteiger partial charge < -0.3 is 14.6 Å². The molecule has 0 saturated carbocycles. The molecule has 29 heavy (non-hydrogen) atoms. The Morgan fingerprint density at radius 1 is 1.21 bits per heavy atom. The average Bonchev–Trinajstić information content (AvgIpc) is 3.30. The molecule has 0 aliphatic carbocycles. The van der Waals surface area contributed by atoms with Gasteiger partial charge in [-0.25, -0.2) is 0 Å². The lowest BCUT2D eigenvalue weighted by atomic mass is 10.0. The average molecular weight is 434 g/mol. The molecule has 3 heterocycles. The van der Waals surface area contributed by atoms with Gasteiger partial charge >= 0.3 is 0 Å². The maximum absolute atomic E-state index is 12.7. The molecule has 0 atom stereocenters. The first-order chi connectivity index (χ1) is 13.8. The predicted octanol–water partition coefficient (Wildman–Crippen LogP) is 3.30. The van der Waals surface area contributed by atoms with Crippen LogP contribution in [0.2, 0.25) is 5.02 Å². The van der Waals surface area contributed by atoms with Crippen molar-refractivity contribution in [1.29, 1.82) is 0 Å². The molecule has 0 bridgehead atoms. The number of piperidine rings is 1. The highest BCUT2D eigenvalue weighted by Gasteiger charge is 2.35. The van der Waals surface area contributed by atoms with E-state index in [9.17, 15) is 13.2 Å². The lowest BCUT2D eigenvalue weighted by molar-refractivity contribution is 0.0922. The number of halogens is 1. The lowest BCUT2D eigenvalue weighted by Gasteiger charge is -2.33. The molecule has 1 amide bonds. The molecule has 0 radical (unpaired) electrons. The summed E-state index contributed by atoms with van der Waals surface area (Å²) in [4.78, 5) is 14.4. The highest BCUT2D eigenvalue weighted by molar-refractivity contribution is 8.00. The minimum Gasteiger partial charge on any atom is -0.472 e. The summed E-state index contributed by atoms with van der Waals surface area (Å²) in [7, 11) is -3.76. The van der Waals surface area contributed by atoms with Crippen LogP contribution in [0.3, 0.4) is 0 Å². The van der Waals surface area contributed by atoms with Crippen LogP contribution in [-0.4, -0.2) is 44.2 Å². The van der Waals surface area contributed by atoms with Crippen LogP contribution in [0.15, 0.2) is 57.2 Å². The van der Waals surface area contributed by atoms with E-state index in [2.05, 4.69) is 9.71 Å². The minimum absolute atomic E-state index is 0.0206. The molecule has 2 aromatic rings. The van der Waals surface area contributed by atoms with Gasteiger partial charge in [0.1, 0.15) is 17.0 Å². The highest BCUT2D eigenvalue weighted by atomic mass is 35.5. The van der Waals surface area contributed by atoms with Gasteiger partial charge in [-0.05, 0) is 43.5 Å². The number of amides is 1. The van der Waals surface area contributed by atoms with Crippen molar-refractivity contribution >= 4 is 38.3 Å². The van der Waals surface area contributed by atoms with E-state index in [1.807, 2.05) is 4.90 Å². The second-order valence-corrected chi connectivity index (χ2v) is 9.08. The molecular formula is C20H20ClN3O4S. The van der Waals surface area contributed by atoms with Crippen molar-refractivity contribution in [3.05, 3.63) is 64.6 Å². The molecule has 0 unspecified atom stereocenters. The van der Waals surface area contributed by atoms with Crippen LogP contribution in [-0.2, 0) is 10.0 Å². The van der Waals surface area contributed by atoms with Gasteiger partial charge in [0.25, 0.3) is 15.9 Å². The van der Waals surface area contributed by atoms with Gasteiger partial charge in [-0.2, -0.15) is 8.42 Å². The first-order valence-corrected chi connectivity index (χ1v) is 11.1. The Bertz CT molecular complexity index is 1080. The van der Waals surface area contributed by atoms with E-state index in [0.717, 1.165) is 0 Å². The lowest BCUT2D eigenvalue weighted by Crippen LogP contribution is -2.46. The zero-order chi connectivity index (χ0) is 20.6. The number of furan rings is 1. The fourth-order valence-corrected chi connectivity index (χ4v) is 5.29. The van der Waals surface area contributed by atoms with E-state index < -0.39 is 10.0 Å². The van der Waals surface area contributed by atoms with Gasteiger partial charge in [-0.15, -0.1) is 4.40 Å². The van der Waals surface area contributed by atoms with E-state index >= 15 is 0 Å². The second-order valence-electron chi connectivity index (χ2n) is 7.10. The molecule has 1 N–H and O–H groups in total. The van der Waals surface area contributed by atoms with Crippen molar-refractivity contribution in [2.45, 2.75) is 25.8 Å². The Labute approximate surface area is 174 Å². The van der Waals surface area contributed by atoms with Crippen LogP contribution >= 0.6 is 11.6 Å². The Hall–Kier alpha value is -2.58. The summed E-state index contributed by atoms with van der Waals surface area (Å²) in [6.07, 6.45) is 4.27. The summed E-state index contributed by atoms with van der Waals surface area (Å²) in [6, 6.07) is 8.35. The van der Waals surface area contributed by atoms with Crippen molar-refractivity contribution in [1.82, 2.24) is 10.2 Å². The number of amidine groups is 1. The number of nitrogens with zero attached hydrogens (tertiary/aromatic N) is 2. The monoisotopic (exact) mass is 433 g/mol. The van der Waals surface area contributed by atoms with Crippen molar-refractivity contribution < 1.29 is 17.6 Å². The Balaban J connectivity index is 1.47. The maximum atomic E-state index is 12.7. The second kappa shape index (κ2) is 7.68. The van der Waals surface area contributed by atoms with Crippen LogP contribution in [0.5, 0.6) is 0 Å². The number of likely N-dealkylation sites (tertiary alicyclic amines) is 1. The molecule has 2 aliphatic heterocycles. The number of carbonyl (C=O) groups excluding carboxylic acids is 1. The highest BCUT2D eigenvalue weighted by Crippen LogP contribution is 2.34. The number of hydrogen-bond donors (Lipinski definition) is 1. The largest absolute Gasteiger partial charge is 0.472 e. The third kappa shape index (κ3) is 3.95. The van der Waals surface area contributed by atoms with Crippen molar-refractivity contribution in [3.63, 3.8) is 0 Å². The number of carbonyl (C=O) groups is 1. The molecule has 2 aliphatic rings. The first kappa shape index (κ1) is 19.7. The third-order valence-electron chi connectivity index (χ3n) is 5.16. The van der Waals surface area contributed by atoms with Gasteiger partial charge in [0.2, 0.25) is 0 Å². The number of nitrogens with one attached hydrogen (secondary N) is 1. The van der Waals surface area contributed by atoms with E-state index in [-0.39, 0.29) is 16.9 Å². The molecule has 152 valence electrons. The zero-order valence-electron chi connectivity index (χ0n) is 15.8. The van der Waals surface area contributed by atoms with Crippen molar-refractivity contribution in [2.24, 2.45) is 4.40 Å². The Morgan fingerprint density at radius 2 is 1.90 bits per heavy atom. The SMILES string of the molecule is CC1=C(c2ccc(Cl)cc2)S(=O)(=O)N=C1N1CCC(NC(=O)c2ccoc2)CC1. The molecule has 1 aromatic carbocycles. The van der Waals surface area contributed by atoms with Crippen LogP contribution in [0.1, 0.15) is 35.7 Å². The van der Waals surface area contributed by atoms with Gasteiger partial charge in [-0.3, -0.25) is 4.79 Å². The molecule has 4 rings (SSSR count). The Kier molecular flexibility index (Phi) is 5.23. The molecular weight excluding hydrogens is 414 g/mol. The quantitative estimate of drug-likeness (QED) is 0.801. The molecule has 1 saturated heterocycles. The summed E-state index contributed by atoms with van der Waals surface area (Å²) >= 11 is 5.92. The smallest absolute Gasteiger partial charge is 0.285 e. The summed E-state index contributed by atoms with van der Waals surface area (Å²) in [6.45, 7) is 2.99. The number of hydrogen-bond acceptors (Lipinski definition) is 5. The minimum atomic E-state index is -3.76. The molecule has 7 nitrogen and oxygen atoms in total. The number of rotatable bonds is 3. The van der Waals surface area contributed by atoms with E-state index in [1.54, 1.807) is 37.3 Å². The van der Waals surface area contributed by atoms with Gasteiger partial charge in [-0.1, -0.05) is 23.7 Å². The fourth-order valence-electron chi connectivity index (χ4n) is 3.68. The van der Waals surface area contributed by atoms with E-state index in [1.165, 1.54) is 12.5 Å².